The number of aryl methyl sites for hydroxylation is 1. The molecule has 1 saturated carbocycles. The van der Waals surface area contributed by atoms with Crippen LogP contribution in [-0.4, -0.2) is 0 Å². The van der Waals surface area contributed by atoms with Gasteiger partial charge in [-0.1, -0.05) is 124 Å². The predicted molar refractivity (Wildman–Crippen MR) is 148 cm³/mol. The second-order valence-corrected chi connectivity index (χ2v) is 10.5. The Bertz CT molecular complexity index is 986. The Morgan fingerprint density at radius 1 is 0.706 bits per heavy atom. The first-order valence-corrected chi connectivity index (χ1v) is 13.6. The molecule has 0 heterocycles. The van der Waals surface area contributed by atoms with Crippen molar-refractivity contribution in [2.75, 3.05) is 0 Å². The van der Waals surface area contributed by atoms with Gasteiger partial charge in [0.05, 0.1) is 0 Å². The first kappa shape index (κ1) is 24.5. The smallest absolute Gasteiger partial charge is 0.0150 e. The van der Waals surface area contributed by atoms with Gasteiger partial charge >= 0.3 is 0 Å². The van der Waals surface area contributed by atoms with E-state index < -0.39 is 0 Å². The van der Waals surface area contributed by atoms with Crippen LogP contribution >= 0.6 is 0 Å². The van der Waals surface area contributed by atoms with Crippen molar-refractivity contribution in [3.8, 4) is 11.1 Å². The number of hydrogen-bond donors (Lipinski definition) is 0. The zero-order chi connectivity index (χ0) is 23.6. The van der Waals surface area contributed by atoms with E-state index in [9.17, 15) is 0 Å². The standard InChI is InChI=1S/C34H42/c1-3-4-6-9-28-12-14-29(15-13-28)16-17-30-18-22-33(23-19-30)34-24-20-31(21-25-34)26-27(2)32-10-7-5-8-11-32/h3-5,7-8,10-11,18-25,27-29H,6,9,12-17,26H2,1-2H3/b4-3+/t27-,28?,29?/m0/s1. The fraction of sp³-hybridized carbons (Fsp3) is 0.412. The van der Waals surface area contributed by atoms with Gasteiger partial charge in [-0.3, -0.25) is 0 Å². The first-order chi connectivity index (χ1) is 16.7. The fourth-order valence-electron chi connectivity index (χ4n) is 5.63. The molecular weight excluding hydrogens is 408 g/mol. The van der Waals surface area contributed by atoms with E-state index in [-0.39, 0.29) is 0 Å². The molecule has 0 heteroatoms. The average molecular weight is 451 g/mol. The van der Waals surface area contributed by atoms with Crippen LogP contribution < -0.4 is 0 Å². The highest BCUT2D eigenvalue weighted by atomic mass is 14.3. The lowest BCUT2D eigenvalue weighted by Gasteiger charge is -2.28. The molecule has 0 radical (unpaired) electrons. The van der Waals surface area contributed by atoms with Gasteiger partial charge in [0.1, 0.15) is 0 Å². The van der Waals surface area contributed by atoms with Gasteiger partial charge in [0.2, 0.25) is 0 Å². The van der Waals surface area contributed by atoms with Crippen LogP contribution in [0.5, 0.6) is 0 Å². The van der Waals surface area contributed by atoms with Crippen LogP contribution in [0, 0.1) is 11.8 Å². The zero-order valence-electron chi connectivity index (χ0n) is 21.3. The van der Waals surface area contributed by atoms with Crippen molar-refractivity contribution in [2.45, 2.75) is 77.6 Å². The Balaban J connectivity index is 1.23. The third-order valence-electron chi connectivity index (χ3n) is 7.94. The summed E-state index contributed by atoms with van der Waals surface area (Å²) in [4.78, 5) is 0. The molecule has 178 valence electrons. The molecule has 1 aliphatic rings. The highest BCUT2D eigenvalue weighted by Crippen LogP contribution is 2.34. The Kier molecular flexibility index (Phi) is 9.19. The van der Waals surface area contributed by atoms with E-state index in [2.05, 4.69) is 105 Å². The summed E-state index contributed by atoms with van der Waals surface area (Å²) >= 11 is 0. The quantitative estimate of drug-likeness (QED) is 0.270. The van der Waals surface area contributed by atoms with E-state index in [1.165, 1.54) is 79.2 Å². The van der Waals surface area contributed by atoms with Crippen LogP contribution in [0.4, 0.5) is 0 Å². The lowest BCUT2D eigenvalue weighted by Crippen LogP contribution is -2.15. The molecule has 3 aromatic carbocycles. The number of allylic oxidation sites excluding steroid dienone is 2. The van der Waals surface area contributed by atoms with Crippen molar-refractivity contribution in [1.29, 1.82) is 0 Å². The lowest BCUT2D eigenvalue weighted by molar-refractivity contribution is 0.254. The van der Waals surface area contributed by atoms with Gasteiger partial charge in [-0.15, -0.1) is 0 Å². The maximum atomic E-state index is 2.35. The minimum absolute atomic E-state index is 0.541. The zero-order valence-corrected chi connectivity index (χ0v) is 21.3. The van der Waals surface area contributed by atoms with Gasteiger partial charge in [0.25, 0.3) is 0 Å². The van der Waals surface area contributed by atoms with E-state index in [1.54, 1.807) is 0 Å². The summed E-state index contributed by atoms with van der Waals surface area (Å²) in [5.41, 5.74) is 6.96. The summed E-state index contributed by atoms with van der Waals surface area (Å²) < 4.78 is 0. The van der Waals surface area contributed by atoms with E-state index in [4.69, 9.17) is 0 Å². The van der Waals surface area contributed by atoms with Crippen LogP contribution in [-0.2, 0) is 12.8 Å². The number of rotatable bonds is 10. The fourth-order valence-corrected chi connectivity index (χ4v) is 5.63. The monoisotopic (exact) mass is 450 g/mol. The molecule has 34 heavy (non-hydrogen) atoms. The van der Waals surface area contributed by atoms with Crippen LogP contribution in [0.1, 0.15) is 81.4 Å². The van der Waals surface area contributed by atoms with Crippen molar-refractivity contribution in [1.82, 2.24) is 0 Å². The summed E-state index contributed by atoms with van der Waals surface area (Å²) in [6.45, 7) is 4.45. The summed E-state index contributed by atoms with van der Waals surface area (Å²) in [6, 6.07) is 29.3. The van der Waals surface area contributed by atoms with E-state index in [1.807, 2.05) is 0 Å². The van der Waals surface area contributed by atoms with Gasteiger partial charge in [-0.25, -0.2) is 0 Å². The molecule has 0 saturated heterocycles. The third-order valence-corrected chi connectivity index (χ3v) is 7.94. The van der Waals surface area contributed by atoms with Gasteiger partial charge in [0, 0.05) is 0 Å². The molecule has 0 nitrogen and oxygen atoms in total. The first-order valence-electron chi connectivity index (χ1n) is 13.6. The third kappa shape index (κ3) is 7.20. The molecule has 4 rings (SSSR count). The molecule has 1 atom stereocenters. The van der Waals surface area contributed by atoms with Gasteiger partial charge in [-0.2, -0.15) is 0 Å². The SMILES string of the molecule is C/C=C/CCC1CCC(CCc2ccc(-c3ccc(C[C@H](C)c4ccccc4)cc3)cc2)CC1. The van der Waals surface area contributed by atoms with E-state index in [0.29, 0.717) is 5.92 Å². The largest absolute Gasteiger partial charge is 0.0917 e. The van der Waals surface area contributed by atoms with Crippen LogP contribution in [0.15, 0.2) is 91.0 Å². The Labute approximate surface area is 208 Å². The maximum Gasteiger partial charge on any atom is -0.0150 e. The van der Waals surface area contributed by atoms with Gasteiger partial charge in [0.15, 0.2) is 0 Å². The van der Waals surface area contributed by atoms with Crippen LogP contribution in [0.25, 0.3) is 11.1 Å². The van der Waals surface area contributed by atoms with Crippen molar-refractivity contribution < 1.29 is 0 Å². The molecule has 3 aromatic rings. The Morgan fingerprint density at radius 2 is 1.26 bits per heavy atom. The number of benzene rings is 3. The molecule has 1 fully saturated rings. The second-order valence-electron chi connectivity index (χ2n) is 10.5. The molecular formula is C34H42. The van der Waals surface area contributed by atoms with Crippen LogP contribution in [0.2, 0.25) is 0 Å². The van der Waals surface area contributed by atoms with Crippen molar-refractivity contribution in [2.24, 2.45) is 11.8 Å². The molecule has 0 spiro atoms. The van der Waals surface area contributed by atoms with Crippen molar-refractivity contribution in [3.63, 3.8) is 0 Å². The average Bonchev–Trinajstić information content (AvgIpc) is 2.90. The Hall–Kier alpha value is -2.60. The van der Waals surface area contributed by atoms with Crippen molar-refractivity contribution in [3.05, 3.63) is 108 Å². The molecule has 0 bridgehead atoms. The minimum atomic E-state index is 0.541. The summed E-state index contributed by atoms with van der Waals surface area (Å²) in [5.74, 6) is 2.45. The molecule has 0 aliphatic heterocycles. The molecule has 1 aliphatic carbocycles. The minimum Gasteiger partial charge on any atom is -0.0917 e. The lowest BCUT2D eigenvalue weighted by atomic mass is 9.78. The van der Waals surface area contributed by atoms with Crippen molar-refractivity contribution >= 4 is 0 Å². The maximum absolute atomic E-state index is 2.35. The molecule has 0 aromatic heterocycles. The van der Waals surface area contributed by atoms with Gasteiger partial charge < -0.3 is 0 Å². The molecule has 0 unspecified atom stereocenters. The highest BCUT2D eigenvalue weighted by molar-refractivity contribution is 5.64. The topological polar surface area (TPSA) is 0 Å². The molecule has 0 amide bonds. The summed E-state index contributed by atoms with van der Waals surface area (Å²) in [7, 11) is 0. The highest BCUT2D eigenvalue weighted by Gasteiger charge is 2.20. The summed E-state index contributed by atoms with van der Waals surface area (Å²) in [6.07, 6.45) is 16.6. The summed E-state index contributed by atoms with van der Waals surface area (Å²) in [5, 5.41) is 0. The van der Waals surface area contributed by atoms with E-state index in [0.717, 1.165) is 18.3 Å². The normalized spacial score (nSPS) is 19.4. The van der Waals surface area contributed by atoms with Crippen LogP contribution in [0.3, 0.4) is 0 Å². The van der Waals surface area contributed by atoms with E-state index >= 15 is 0 Å². The predicted octanol–water partition coefficient (Wildman–Crippen LogP) is 9.80. The second kappa shape index (κ2) is 12.7. The number of hydrogen-bond acceptors (Lipinski definition) is 0. The van der Waals surface area contributed by atoms with Gasteiger partial charge in [-0.05, 0) is 84.6 Å². The molecule has 0 N–H and O–H groups in total. The Morgan fingerprint density at radius 3 is 1.85 bits per heavy atom.